The van der Waals surface area contributed by atoms with Crippen LogP contribution in [0.5, 0.6) is 0 Å². The smallest absolute Gasteiger partial charge is 0.0224 e. The van der Waals surface area contributed by atoms with Gasteiger partial charge in [-0.3, -0.25) is 9.80 Å². The van der Waals surface area contributed by atoms with E-state index in [1.165, 1.54) is 44.6 Å². The minimum Gasteiger partial charge on any atom is -0.300 e. The Morgan fingerprint density at radius 3 is 2.79 bits per heavy atom. The van der Waals surface area contributed by atoms with Gasteiger partial charge in [-0.25, -0.2) is 0 Å². The molecule has 2 atom stereocenters. The molecule has 2 aliphatic heterocycles. The van der Waals surface area contributed by atoms with Gasteiger partial charge in [-0.15, -0.1) is 0 Å². The Morgan fingerprint density at radius 2 is 2.00 bits per heavy atom. The van der Waals surface area contributed by atoms with Crippen molar-refractivity contribution >= 4 is 12.6 Å². The lowest BCUT2D eigenvalue weighted by Crippen LogP contribution is -2.51. The predicted octanol–water partition coefficient (Wildman–Crippen LogP) is 2.48. The first kappa shape index (κ1) is 13.5. The van der Waals surface area contributed by atoms with Gasteiger partial charge in [0.15, 0.2) is 0 Å². The molecule has 2 unspecified atom stereocenters. The Balaban J connectivity index is 1.60. The second-order valence-electron chi connectivity index (χ2n) is 5.88. The topological polar surface area (TPSA) is 6.48 Å². The molecule has 2 fully saturated rings. The molecule has 2 nitrogen and oxygen atoms in total. The molecule has 0 saturated carbocycles. The number of fused-ring (bicyclic) bond motifs is 1. The number of nitrogens with zero attached hydrogens (tertiary/aromatic N) is 2. The van der Waals surface area contributed by atoms with Crippen molar-refractivity contribution in [2.45, 2.75) is 24.8 Å². The van der Waals surface area contributed by atoms with Crippen molar-refractivity contribution in [2.75, 3.05) is 38.5 Å². The van der Waals surface area contributed by atoms with Crippen molar-refractivity contribution < 1.29 is 0 Å². The Kier molecular flexibility index (Phi) is 4.46. The highest BCUT2D eigenvalue weighted by molar-refractivity contribution is 7.80. The van der Waals surface area contributed by atoms with E-state index >= 15 is 0 Å². The monoisotopic (exact) mass is 276 g/mol. The van der Waals surface area contributed by atoms with Gasteiger partial charge in [-0.05, 0) is 30.7 Å². The van der Waals surface area contributed by atoms with Crippen LogP contribution in [-0.4, -0.2) is 54.3 Å². The molecule has 1 aromatic carbocycles. The molecular formula is C16H24N2S. The van der Waals surface area contributed by atoms with Crippen LogP contribution in [0.2, 0.25) is 0 Å². The van der Waals surface area contributed by atoms with Gasteiger partial charge in [0.05, 0.1) is 0 Å². The first-order chi connectivity index (χ1) is 9.36. The van der Waals surface area contributed by atoms with Crippen LogP contribution in [0.4, 0.5) is 0 Å². The molecule has 0 aromatic heterocycles. The highest BCUT2D eigenvalue weighted by Gasteiger charge is 2.31. The Bertz CT molecular complexity index is 395. The molecule has 0 spiro atoms. The summed E-state index contributed by atoms with van der Waals surface area (Å²) in [5.74, 6) is 1.51. The lowest BCUT2D eigenvalue weighted by Gasteiger charge is -2.39. The average Bonchev–Trinajstić information content (AvgIpc) is 2.93. The number of hydrogen-bond donors (Lipinski definition) is 1. The molecule has 0 N–H and O–H groups in total. The first-order valence-electron chi connectivity index (χ1n) is 7.49. The second-order valence-corrected chi connectivity index (χ2v) is 6.25. The lowest BCUT2D eigenvalue weighted by molar-refractivity contribution is 0.101. The molecule has 3 rings (SSSR count). The zero-order valence-electron chi connectivity index (χ0n) is 11.5. The summed E-state index contributed by atoms with van der Waals surface area (Å²) in [6.45, 7) is 6.24. The largest absolute Gasteiger partial charge is 0.300 e. The quantitative estimate of drug-likeness (QED) is 0.844. The number of rotatable bonds is 4. The third kappa shape index (κ3) is 3.15. The number of piperazine rings is 1. The zero-order valence-corrected chi connectivity index (χ0v) is 12.4. The summed E-state index contributed by atoms with van der Waals surface area (Å²) in [4.78, 5) is 5.33. The third-order valence-corrected chi connectivity index (χ3v) is 5.08. The number of thiol groups is 1. The van der Waals surface area contributed by atoms with Crippen LogP contribution in [0.1, 0.15) is 24.3 Å². The molecule has 2 saturated heterocycles. The first-order valence-corrected chi connectivity index (χ1v) is 8.12. The average molecular weight is 276 g/mol. The zero-order chi connectivity index (χ0) is 13.1. The highest BCUT2D eigenvalue weighted by Crippen LogP contribution is 2.24. The van der Waals surface area contributed by atoms with Crippen molar-refractivity contribution in [3.05, 3.63) is 35.9 Å². The van der Waals surface area contributed by atoms with Crippen LogP contribution >= 0.6 is 12.6 Å². The summed E-state index contributed by atoms with van der Waals surface area (Å²) in [5, 5.41) is 0. The van der Waals surface area contributed by atoms with E-state index in [1.807, 2.05) is 0 Å². The number of hydrogen-bond acceptors (Lipinski definition) is 3. The molecule has 2 heterocycles. The minimum atomic E-state index is 0.567. The SMILES string of the molecule is SCC(CN1CCN2CCCC2C1)c1ccccc1. The standard InChI is InChI=1S/C16H24N2S/c19-13-15(14-5-2-1-3-6-14)11-17-9-10-18-8-4-7-16(18)12-17/h1-3,5-6,15-16,19H,4,7-13H2. The number of benzene rings is 1. The van der Waals surface area contributed by atoms with Gasteiger partial charge in [0, 0.05) is 38.1 Å². The Labute approximate surface area is 122 Å². The Morgan fingerprint density at radius 1 is 1.16 bits per heavy atom. The summed E-state index contributed by atoms with van der Waals surface area (Å²) < 4.78 is 0. The fraction of sp³-hybridized carbons (Fsp3) is 0.625. The van der Waals surface area contributed by atoms with Crippen LogP contribution in [0, 0.1) is 0 Å². The summed E-state index contributed by atoms with van der Waals surface area (Å²) in [7, 11) is 0. The third-order valence-electron chi connectivity index (χ3n) is 4.64. The molecule has 0 aliphatic carbocycles. The van der Waals surface area contributed by atoms with E-state index < -0.39 is 0 Å². The molecule has 3 heteroatoms. The van der Waals surface area contributed by atoms with Crippen LogP contribution in [0.25, 0.3) is 0 Å². The van der Waals surface area contributed by atoms with E-state index in [1.54, 1.807) is 0 Å². The van der Waals surface area contributed by atoms with Gasteiger partial charge < -0.3 is 0 Å². The highest BCUT2D eigenvalue weighted by atomic mass is 32.1. The summed E-state index contributed by atoms with van der Waals surface area (Å²) >= 11 is 4.56. The van der Waals surface area contributed by atoms with Crippen molar-refractivity contribution in [2.24, 2.45) is 0 Å². The van der Waals surface area contributed by atoms with Gasteiger partial charge in [0.25, 0.3) is 0 Å². The second kappa shape index (κ2) is 6.29. The minimum absolute atomic E-state index is 0.567. The van der Waals surface area contributed by atoms with Gasteiger partial charge in [-0.1, -0.05) is 30.3 Å². The van der Waals surface area contributed by atoms with Gasteiger partial charge in [-0.2, -0.15) is 12.6 Å². The fourth-order valence-corrected chi connectivity index (χ4v) is 3.85. The van der Waals surface area contributed by atoms with Gasteiger partial charge >= 0.3 is 0 Å². The molecule has 104 valence electrons. The van der Waals surface area contributed by atoms with Crippen molar-refractivity contribution in [1.82, 2.24) is 9.80 Å². The van der Waals surface area contributed by atoms with E-state index in [9.17, 15) is 0 Å². The maximum Gasteiger partial charge on any atom is 0.0224 e. The maximum atomic E-state index is 4.56. The molecular weight excluding hydrogens is 252 g/mol. The molecule has 0 amide bonds. The lowest BCUT2D eigenvalue weighted by atomic mass is 9.99. The normalized spacial score (nSPS) is 26.3. The predicted molar refractivity (Wildman–Crippen MR) is 84.1 cm³/mol. The van der Waals surface area contributed by atoms with Gasteiger partial charge in [0.1, 0.15) is 0 Å². The van der Waals surface area contributed by atoms with E-state index in [-0.39, 0.29) is 0 Å². The molecule has 0 bridgehead atoms. The Hall–Kier alpha value is -0.510. The van der Waals surface area contributed by atoms with Crippen LogP contribution in [0.15, 0.2) is 30.3 Å². The van der Waals surface area contributed by atoms with E-state index in [0.29, 0.717) is 5.92 Å². The van der Waals surface area contributed by atoms with Crippen LogP contribution in [0.3, 0.4) is 0 Å². The van der Waals surface area contributed by atoms with Gasteiger partial charge in [0.2, 0.25) is 0 Å². The fourth-order valence-electron chi connectivity index (χ4n) is 3.53. The van der Waals surface area contributed by atoms with Crippen molar-refractivity contribution in [3.8, 4) is 0 Å². The van der Waals surface area contributed by atoms with E-state index in [2.05, 4.69) is 52.8 Å². The van der Waals surface area contributed by atoms with Crippen LogP contribution in [-0.2, 0) is 0 Å². The molecule has 1 aromatic rings. The molecule has 19 heavy (non-hydrogen) atoms. The summed E-state index contributed by atoms with van der Waals surface area (Å²) in [5.41, 5.74) is 1.44. The molecule has 0 radical (unpaired) electrons. The van der Waals surface area contributed by atoms with Crippen molar-refractivity contribution in [1.29, 1.82) is 0 Å². The molecule has 2 aliphatic rings. The van der Waals surface area contributed by atoms with E-state index in [4.69, 9.17) is 0 Å². The van der Waals surface area contributed by atoms with E-state index in [0.717, 1.165) is 18.3 Å². The van der Waals surface area contributed by atoms with Crippen LogP contribution < -0.4 is 0 Å². The summed E-state index contributed by atoms with van der Waals surface area (Å²) in [6.07, 6.45) is 2.79. The summed E-state index contributed by atoms with van der Waals surface area (Å²) in [6, 6.07) is 11.7. The van der Waals surface area contributed by atoms with Crippen molar-refractivity contribution in [3.63, 3.8) is 0 Å². The maximum absolute atomic E-state index is 4.56.